The molecule has 0 atom stereocenters. The highest BCUT2D eigenvalue weighted by Gasteiger charge is 2.38. The topological polar surface area (TPSA) is 94.4 Å². The van der Waals surface area contributed by atoms with Crippen LogP contribution in [0, 0.1) is 19.3 Å². The first-order valence-electron chi connectivity index (χ1n) is 9.77. The Labute approximate surface area is 172 Å². The average Bonchev–Trinajstić information content (AvgIpc) is 3.46. The van der Waals surface area contributed by atoms with Gasteiger partial charge in [0.2, 0.25) is 15.9 Å². The maximum absolute atomic E-state index is 12.6. The van der Waals surface area contributed by atoms with Crippen molar-refractivity contribution < 1.29 is 13.2 Å². The van der Waals surface area contributed by atoms with E-state index in [0.29, 0.717) is 52.0 Å². The van der Waals surface area contributed by atoms with E-state index in [4.69, 9.17) is 6.42 Å². The van der Waals surface area contributed by atoms with E-state index < -0.39 is 27.3 Å². The SMILES string of the molecule is C#CCCC1(CCNC(=O)CS(=O)(=O)N2CCN(c3cccc(C)c3)CC2)N=N1. The summed E-state index contributed by atoms with van der Waals surface area (Å²) in [5, 5.41) is 10.7. The van der Waals surface area contributed by atoms with Gasteiger partial charge in [0, 0.05) is 57.7 Å². The highest BCUT2D eigenvalue weighted by atomic mass is 32.2. The first-order valence-corrected chi connectivity index (χ1v) is 11.4. The van der Waals surface area contributed by atoms with Gasteiger partial charge in [0.15, 0.2) is 5.66 Å². The van der Waals surface area contributed by atoms with E-state index in [0.717, 1.165) is 5.69 Å². The van der Waals surface area contributed by atoms with Gasteiger partial charge in [0.25, 0.3) is 0 Å². The van der Waals surface area contributed by atoms with E-state index in [2.05, 4.69) is 32.4 Å². The summed E-state index contributed by atoms with van der Waals surface area (Å²) in [5.74, 6) is 1.51. The molecule has 0 spiro atoms. The molecule has 29 heavy (non-hydrogen) atoms. The molecule has 0 aromatic heterocycles. The van der Waals surface area contributed by atoms with Crippen molar-refractivity contribution in [3.63, 3.8) is 0 Å². The van der Waals surface area contributed by atoms with Crippen LogP contribution in [0.5, 0.6) is 0 Å². The van der Waals surface area contributed by atoms with Crippen LogP contribution in [-0.2, 0) is 14.8 Å². The lowest BCUT2D eigenvalue weighted by atomic mass is 10.0. The summed E-state index contributed by atoms with van der Waals surface area (Å²) in [5.41, 5.74) is 1.78. The van der Waals surface area contributed by atoms with E-state index in [1.54, 1.807) is 0 Å². The molecular formula is C20H27N5O3S. The number of piperazine rings is 1. The van der Waals surface area contributed by atoms with Gasteiger partial charge in [0.1, 0.15) is 5.75 Å². The fourth-order valence-corrected chi connectivity index (χ4v) is 4.76. The number of anilines is 1. The molecule has 0 bridgehead atoms. The standard InChI is InChI=1S/C20H27N5O3S/c1-3-4-8-20(22-23-20)9-10-21-19(26)16-29(27,28)25-13-11-24(12-14-25)18-7-5-6-17(2)15-18/h1,5-7,15H,4,8-14,16H2,2H3,(H,21,26). The summed E-state index contributed by atoms with van der Waals surface area (Å²) in [6.07, 6.45) is 7.02. The number of nitrogens with one attached hydrogen (secondary N) is 1. The fourth-order valence-electron chi connectivity index (χ4n) is 3.43. The molecule has 156 valence electrons. The number of terminal acetylenes is 1. The third-order valence-corrected chi connectivity index (χ3v) is 6.99. The second-order valence-corrected chi connectivity index (χ2v) is 9.44. The Kier molecular flexibility index (Phi) is 6.55. The minimum absolute atomic E-state index is 0.326. The van der Waals surface area contributed by atoms with Crippen LogP contribution in [0.1, 0.15) is 24.8 Å². The van der Waals surface area contributed by atoms with Gasteiger partial charge in [-0.3, -0.25) is 4.79 Å². The third kappa shape index (κ3) is 5.78. The largest absolute Gasteiger partial charge is 0.369 e. The maximum Gasteiger partial charge on any atom is 0.236 e. The third-order valence-electron chi connectivity index (χ3n) is 5.21. The normalized spacial score (nSPS) is 18.3. The molecule has 1 fully saturated rings. The van der Waals surface area contributed by atoms with Gasteiger partial charge in [0.05, 0.1) is 0 Å². The van der Waals surface area contributed by atoms with Crippen LogP contribution in [0.25, 0.3) is 0 Å². The molecule has 2 heterocycles. The van der Waals surface area contributed by atoms with E-state index >= 15 is 0 Å². The Morgan fingerprint density at radius 1 is 1.24 bits per heavy atom. The number of sulfonamides is 1. The number of carbonyl (C=O) groups excluding carboxylic acids is 1. The quantitative estimate of drug-likeness (QED) is 0.617. The number of carbonyl (C=O) groups is 1. The summed E-state index contributed by atoms with van der Waals surface area (Å²) in [4.78, 5) is 14.3. The van der Waals surface area contributed by atoms with Gasteiger partial charge in [-0.25, -0.2) is 8.42 Å². The summed E-state index contributed by atoms with van der Waals surface area (Å²) in [7, 11) is -3.64. The summed E-state index contributed by atoms with van der Waals surface area (Å²) < 4.78 is 26.6. The highest BCUT2D eigenvalue weighted by molar-refractivity contribution is 7.89. The van der Waals surface area contributed by atoms with Crippen LogP contribution in [0.2, 0.25) is 0 Å². The van der Waals surface area contributed by atoms with Crippen molar-refractivity contribution in [3.8, 4) is 12.3 Å². The van der Waals surface area contributed by atoms with E-state index in [1.807, 2.05) is 25.1 Å². The van der Waals surface area contributed by atoms with Gasteiger partial charge in [-0.15, -0.1) is 12.3 Å². The molecule has 2 aliphatic heterocycles. The Morgan fingerprint density at radius 3 is 2.59 bits per heavy atom. The molecule has 2 aliphatic rings. The molecule has 1 saturated heterocycles. The molecule has 3 rings (SSSR count). The Morgan fingerprint density at radius 2 is 1.97 bits per heavy atom. The number of amides is 1. The number of rotatable bonds is 9. The number of hydrogen-bond donors (Lipinski definition) is 1. The molecule has 1 N–H and O–H groups in total. The van der Waals surface area contributed by atoms with Crippen molar-refractivity contribution >= 4 is 21.6 Å². The van der Waals surface area contributed by atoms with Gasteiger partial charge >= 0.3 is 0 Å². The number of aryl methyl sites for hydroxylation is 1. The molecular weight excluding hydrogens is 390 g/mol. The monoisotopic (exact) mass is 417 g/mol. The lowest BCUT2D eigenvalue weighted by molar-refractivity contribution is -0.118. The van der Waals surface area contributed by atoms with Crippen LogP contribution < -0.4 is 10.2 Å². The molecule has 0 radical (unpaired) electrons. The minimum atomic E-state index is -3.64. The minimum Gasteiger partial charge on any atom is -0.369 e. The van der Waals surface area contributed by atoms with Gasteiger partial charge in [-0.2, -0.15) is 14.5 Å². The summed E-state index contributed by atoms with van der Waals surface area (Å²) >= 11 is 0. The number of hydrogen-bond acceptors (Lipinski definition) is 6. The Hall–Kier alpha value is -2.44. The predicted molar refractivity (Wildman–Crippen MR) is 112 cm³/mol. The van der Waals surface area contributed by atoms with Crippen molar-refractivity contribution in [1.29, 1.82) is 0 Å². The summed E-state index contributed by atoms with van der Waals surface area (Å²) in [6.45, 7) is 4.31. The molecule has 0 unspecified atom stereocenters. The van der Waals surface area contributed by atoms with E-state index in [-0.39, 0.29) is 0 Å². The van der Waals surface area contributed by atoms with E-state index in [1.165, 1.54) is 9.87 Å². The van der Waals surface area contributed by atoms with Crippen molar-refractivity contribution in [2.75, 3.05) is 43.4 Å². The summed E-state index contributed by atoms with van der Waals surface area (Å²) in [6, 6.07) is 8.15. The zero-order chi connectivity index (χ0) is 20.9. The highest BCUT2D eigenvalue weighted by Crippen LogP contribution is 2.36. The average molecular weight is 418 g/mol. The molecule has 0 saturated carbocycles. The fraction of sp³-hybridized carbons (Fsp3) is 0.550. The van der Waals surface area contributed by atoms with Crippen molar-refractivity contribution in [1.82, 2.24) is 9.62 Å². The molecule has 0 aliphatic carbocycles. The van der Waals surface area contributed by atoms with Gasteiger partial charge in [-0.05, 0) is 24.6 Å². The first kappa shape index (κ1) is 21.3. The first-order chi connectivity index (χ1) is 13.8. The lowest BCUT2D eigenvalue weighted by Gasteiger charge is -2.35. The smallest absolute Gasteiger partial charge is 0.236 e. The van der Waals surface area contributed by atoms with E-state index in [9.17, 15) is 13.2 Å². The zero-order valence-electron chi connectivity index (χ0n) is 16.7. The Balaban J connectivity index is 1.43. The van der Waals surface area contributed by atoms with Crippen LogP contribution in [0.3, 0.4) is 0 Å². The second-order valence-electron chi connectivity index (χ2n) is 7.47. The number of benzene rings is 1. The molecule has 1 amide bonds. The van der Waals surface area contributed by atoms with Gasteiger partial charge < -0.3 is 10.2 Å². The van der Waals surface area contributed by atoms with Crippen LogP contribution in [0.15, 0.2) is 34.5 Å². The van der Waals surface area contributed by atoms with Crippen LogP contribution in [0.4, 0.5) is 5.69 Å². The molecule has 1 aromatic carbocycles. The second kappa shape index (κ2) is 8.93. The van der Waals surface area contributed by atoms with Crippen LogP contribution >= 0.6 is 0 Å². The lowest BCUT2D eigenvalue weighted by Crippen LogP contribution is -2.50. The molecule has 9 heteroatoms. The van der Waals surface area contributed by atoms with Gasteiger partial charge in [-0.1, -0.05) is 12.1 Å². The maximum atomic E-state index is 12.6. The van der Waals surface area contributed by atoms with Crippen molar-refractivity contribution in [2.45, 2.75) is 31.8 Å². The Bertz CT molecular complexity index is 908. The number of nitrogens with zero attached hydrogens (tertiary/aromatic N) is 4. The van der Waals surface area contributed by atoms with Crippen molar-refractivity contribution in [2.24, 2.45) is 10.2 Å². The van der Waals surface area contributed by atoms with Crippen molar-refractivity contribution in [3.05, 3.63) is 29.8 Å². The molecule has 8 nitrogen and oxygen atoms in total. The zero-order valence-corrected chi connectivity index (χ0v) is 17.5. The molecule has 1 aromatic rings. The predicted octanol–water partition coefficient (Wildman–Crippen LogP) is 1.53. The van der Waals surface area contributed by atoms with Crippen LogP contribution in [-0.4, -0.2) is 62.8 Å².